The highest BCUT2D eigenvalue weighted by Crippen LogP contribution is 2.28. The first-order chi connectivity index (χ1) is 13.4. The Morgan fingerprint density at radius 1 is 1.14 bits per heavy atom. The summed E-state index contributed by atoms with van der Waals surface area (Å²) in [6.07, 6.45) is 3.72. The molecule has 0 bridgehead atoms. The second-order valence-electron chi connectivity index (χ2n) is 7.01. The first-order valence-corrected chi connectivity index (χ1v) is 9.26. The van der Waals surface area contributed by atoms with Crippen LogP contribution in [0, 0.1) is 5.82 Å². The maximum atomic E-state index is 14.6. The summed E-state index contributed by atoms with van der Waals surface area (Å²) in [6, 6.07) is 7.64. The molecule has 0 spiro atoms. The number of rotatable bonds is 6. The van der Waals surface area contributed by atoms with Crippen LogP contribution in [0.4, 0.5) is 21.7 Å². The molecular weight excluding hydrogens is 361 g/mol. The van der Waals surface area contributed by atoms with Crippen LogP contribution in [0.1, 0.15) is 53.3 Å². The van der Waals surface area contributed by atoms with E-state index in [9.17, 15) is 14.0 Å². The number of amides is 1. The topological polar surface area (TPSA) is 123 Å². The molecule has 2 atom stereocenters. The van der Waals surface area contributed by atoms with E-state index in [4.69, 9.17) is 11.5 Å². The maximum absolute atomic E-state index is 14.6. The molecule has 1 amide bonds. The molecule has 28 heavy (non-hydrogen) atoms. The average Bonchev–Trinajstić information content (AvgIpc) is 2.66. The van der Waals surface area contributed by atoms with E-state index >= 15 is 0 Å². The molecule has 0 aliphatic heterocycles. The lowest BCUT2D eigenvalue weighted by Crippen LogP contribution is -2.43. The van der Waals surface area contributed by atoms with E-state index < -0.39 is 11.7 Å². The second kappa shape index (κ2) is 8.35. The summed E-state index contributed by atoms with van der Waals surface area (Å²) in [4.78, 5) is 27.9. The van der Waals surface area contributed by atoms with E-state index in [1.54, 1.807) is 24.3 Å². The van der Waals surface area contributed by atoms with Crippen molar-refractivity contribution in [1.29, 1.82) is 0 Å². The first kappa shape index (κ1) is 19.8. The molecule has 8 heteroatoms. The maximum Gasteiger partial charge on any atom is 0.252 e. The SMILES string of the molecule is CC(=O)c1ccccc1Nc1nc(NC2CCCC[C@@H]2N)c(F)cc1C(N)=O. The minimum atomic E-state index is -0.824. The zero-order valence-corrected chi connectivity index (χ0v) is 15.7. The zero-order chi connectivity index (χ0) is 20.3. The molecule has 1 fully saturated rings. The molecule has 1 heterocycles. The fourth-order valence-electron chi connectivity index (χ4n) is 3.41. The number of carbonyl (C=O) groups is 2. The molecule has 1 aromatic carbocycles. The molecule has 1 unspecified atom stereocenters. The number of nitrogens with two attached hydrogens (primary N) is 2. The number of ketones is 1. The predicted octanol–water partition coefficient (Wildman–Crippen LogP) is 2.95. The smallest absolute Gasteiger partial charge is 0.252 e. The van der Waals surface area contributed by atoms with E-state index in [0.717, 1.165) is 31.7 Å². The normalized spacial score (nSPS) is 19.1. The number of nitrogens with one attached hydrogen (secondary N) is 2. The lowest BCUT2D eigenvalue weighted by atomic mass is 9.91. The molecule has 6 N–H and O–H groups in total. The highest BCUT2D eigenvalue weighted by molar-refractivity contribution is 6.02. The lowest BCUT2D eigenvalue weighted by molar-refractivity contribution is 0.0997. The van der Waals surface area contributed by atoms with Gasteiger partial charge in [-0.25, -0.2) is 9.37 Å². The van der Waals surface area contributed by atoms with E-state index in [-0.39, 0.29) is 35.1 Å². The van der Waals surface area contributed by atoms with Crippen molar-refractivity contribution < 1.29 is 14.0 Å². The number of nitrogens with zero attached hydrogens (tertiary/aromatic N) is 1. The van der Waals surface area contributed by atoms with Crippen LogP contribution < -0.4 is 22.1 Å². The summed E-state index contributed by atoms with van der Waals surface area (Å²) >= 11 is 0. The quantitative estimate of drug-likeness (QED) is 0.567. The van der Waals surface area contributed by atoms with Crippen LogP contribution in [0.3, 0.4) is 0 Å². The molecule has 1 aliphatic rings. The van der Waals surface area contributed by atoms with Crippen LogP contribution in [0.2, 0.25) is 0 Å². The molecule has 7 nitrogen and oxygen atoms in total. The zero-order valence-electron chi connectivity index (χ0n) is 15.7. The van der Waals surface area contributed by atoms with Gasteiger partial charge >= 0.3 is 0 Å². The van der Waals surface area contributed by atoms with Gasteiger partial charge in [0.1, 0.15) is 5.82 Å². The number of benzene rings is 1. The highest BCUT2D eigenvalue weighted by Gasteiger charge is 2.24. The fourth-order valence-corrected chi connectivity index (χ4v) is 3.41. The van der Waals surface area contributed by atoms with Crippen LogP contribution in [0.25, 0.3) is 0 Å². The van der Waals surface area contributed by atoms with Gasteiger partial charge in [-0.15, -0.1) is 0 Å². The van der Waals surface area contributed by atoms with Gasteiger partial charge < -0.3 is 22.1 Å². The van der Waals surface area contributed by atoms with Crippen molar-refractivity contribution >= 4 is 29.0 Å². The van der Waals surface area contributed by atoms with Gasteiger partial charge in [-0.3, -0.25) is 9.59 Å². The summed E-state index contributed by atoms with van der Waals surface area (Å²) in [5.74, 6) is -1.59. The van der Waals surface area contributed by atoms with Gasteiger partial charge in [0.15, 0.2) is 17.4 Å². The number of Topliss-reactive ketones (excluding diaryl/α,β-unsaturated/α-hetero) is 1. The Bertz CT molecular complexity index is 902. The van der Waals surface area contributed by atoms with Gasteiger partial charge in [0.05, 0.1) is 11.3 Å². The van der Waals surface area contributed by atoms with Crippen molar-refractivity contribution in [2.75, 3.05) is 10.6 Å². The summed E-state index contributed by atoms with van der Waals surface area (Å²) in [7, 11) is 0. The Morgan fingerprint density at radius 2 is 1.86 bits per heavy atom. The number of hydrogen-bond donors (Lipinski definition) is 4. The molecule has 1 aromatic heterocycles. The monoisotopic (exact) mass is 385 g/mol. The molecule has 0 saturated heterocycles. The van der Waals surface area contributed by atoms with E-state index in [1.807, 2.05) is 0 Å². The second-order valence-corrected chi connectivity index (χ2v) is 7.01. The number of primary amides is 1. The van der Waals surface area contributed by atoms with Crippen molar-refractivity contribution in [3.63, 3.8) is 0 Å². The summed E-state index contributed by atoms with van der Waals surface area (Å²) < 4.78 is 14.6. The van der Waals surface area contributed by atoms with Crippen LogP contribution in [-0.4, -0.2) is 28.8 Å². The van der Waals surface area contributed by atoms with Crippen molar-refractivity contribution in [2.24, 2.45) is 11.5 Å². The van der Waals surface area contributed by atoms with Crippen molar-refractivity contribution in [3.8, 4) is 0 Å². The van der Waals surface area contributed by atoms with Gasteiger partial charge in [-0.1, -0.05) is 25.0 Å². The number of aromatic nitrogens is 1. The molecule has 148 valence electrons. The molecular formula is C20H24FN5O2. The van der Waals surface area contributed by atoms with E-state index in [2.05, 4.69) is 15.6 Å². The van der Waals surface area contributed by atoms with E-state index in [1.165, 1.54) is 6.92 Å². The molecule has 2 aromatic rings. The van der Waals surface area contributed by atoms with Gasteiger partial charge in [-0.2, -0.15) is 0 Å². The average molecular weight is 385 g/mol. The van der Waals surface area contributed by atoms with Crippen LogP contribution in [0.15, 0.2) is 30.3 Å². The van der Waals surface area contributed by atoms with Crippen LogP contribution in [0.5, 0.6) is 0 Å². The van der Waals surface area contributed by atoms with Gasteiger partial charge in [0.25, 0.3) is 5.91 Å². The number of para-hydroxylation sites is 1. The van der Waals surface area contributed by atoms with Gasteiger partial charge in [0.2, 0.25) is 0 Å². The third kappa shape index (κ3) is 4.28. The van der Waals surface area contributed by atoms with Crippen molar-refractivity contribution in [2.45, 2.75) is 44.7 Å². The number of halogens is 1. The first-order valence-electron chi connectivity index (χ1n) is 9.26. The summed E-state index contributed by atoms with van der Waals surface area (Å²) in [6.45, 7) is 1.44. The highest BCUT2D eigenvalue weighted by atomic mass is 19.1. The molecule has 3 rings (SSSR count). The minimum Gasteiger partial charge on any atom is -0.365 e. The Kier molecular flexibility index (Phi) is 5.89. The third-order valence-electron chi connectivity index (χ3n) is 4.94. The number of hydrogen-bond acceptors (Lipinski definition) is 6. The van der Waals surface area contributed by atoms with Crippen molar-refractivity contribution in [3.05, 3.63) is 47.3 Å². The Hall–Kier alpha value is -3.00. The van der Waals surface area contributed by atoms with Crippen LogP contribution in [-0.2, 0) is 0 Å². The number of anilines is 3. The molecule has 1 aliphatic carbocycles. The predicted molar refractivity (Wildman–Crippen MR) is 106 cm³/mol. The minimum absolute atomic E-state index is 0.00449. The molecule has 1 saturated carbocycles. The Balaban J connectivity index is 1.97. The molecule has 0 radical (unpaired) electrons. The van der Waals surface area contributed by atoms with Crippen molar-refractivity contribution in [1.82, 2.24) is 4.98 Å². The van der Waals surface area contributed by atoms with Crippen LogP contribution >= 0.6 is 0 Å². The lowest BCUT2D eigenvalue weighted by Gasteiger charge is -2.30. The van der Waals surface area contributed by atoms with Gasteiger partial charge in [-0.05, 0) is 38.0 Å². The number of pyridine rings is 1. The Morgan fingerprint density at radius 3 is 2.54 bits per heavy atom. The van der Waals surface area contributed by atoms with E-state index in [0.29, 0.717) is 11.3 Å². The largest absolute Gasteiger partial charge is 0.365 e. The third-order valence-corrected chi connectivity index (χ3v) is 4.94. The number of carbonyl (C=O) groups excluding carboxylic acids is 2. The Labute approximate surface area is 162 Å². The standard InChI is InChI=1S/C20H24FN5O2/c1-11(27)12-6-2-4-8-16(12)24-19-13(18(23)28)10-14(21)20(26-19)25-17-9-5-3-7-15(17)22/h2,4,6,8,10,15,17H,3,5,7,9,22H2,1H3,(H2,23,28)(H2,24,25,26)/t15-,17?/m0/s1. The fraction of sp³-hybridized carbons (Fsp3) is 0.350. The van der Waals surface area contributed by atoms with Gasteiger partial charge in [0, 0.05) is 17.6 Å². The summed E-state index contributed by atoms with van der Waals surface area (Å²) in [5, 5.41) is 6.01. The summed E-state index contributed by atoms with van der Waals surface area (Å²) in [5.41, 5.74) is 12.3.